The minimum Gasteiger partial charge on any atom is -0.489 e. The van der Waals surface area contributed by atoms with E-state index in [1.54, 1.807) is 0 Å². The van der Waals surface area contributed by atoms with Crippen LogP contribution in [0.25, 0.3) is 21.8 Å². The number of para-hydroxylation sites is 1. The molecule has 5 heteroatoms. The van der Waals surface area contributed by atoms with E-state index in [2.05, 4.69) is 33.9 Å². The Labute approximate surface area is 208 Å². The quantitative estimate of drug-likeness (QED) is 0.315. The molecule has 1 N–H and O–H groups in total. The van der Waals surface area contributed by atoms with Gasteiger partial charge in [0.15, 0.2) is 0 Å². The van der Waals surface area contributed by atoms with Gasteiger partial charge in [0.2, 0.25) is 0 Å². The van der Waals surface area contributed by atoms with E-state index in [1.807, 2.05) is 54.7 Å². The maximum absolute atomic E-state index is 13.3. The Hall–Kier alpha value is -4.12. The Morgan fingerprint density at radius 2 is 1.72 bits per heavy atom. The number of nitrogens with zero attached hydrogens (tertiary/aromatic N) is 1. The van der Waals surface area contributed by atoms with Crippen LogP contribution in [0.2, 0.25) is 0 Å². The number of carbonyl (C=O) groups is 2. The van der Waals surface area contributed by atoms with Crippen molar-refractivity contribution >= 4 is 33.4 Å². The molecular formula is C31H26N2O3. The van der Waals surface area contributed by atoms with Gasteiger partial charge in [-0.3, -0.25) is 9.59 Å². The number of carbonyl (C=O) groups excluding carboxylic acids is 2. The van der Waals surface area contributed by atoms with Crippen LogP contribution in [-0.2, 0) is 29.2 Å². The third kappa shape index (κ3) is 3.30. The highest BCUT2D eigenvalue weighted by Crippen LogP contribution is 2.47. The van der Waals surface area contributed by atoms with Crippen molar-refractivity contribution in [1.82, 2.24) is 9.55 Å². The molecule has 0 amide bonds. The molecule has 0 bridgehead atoms. The van der Waals surface area contributed by atoms with Gasteiger partial charge in [-0.1, -0.05) is 48.5 Å². The number of Topliss-reactive ketones (excluding diaryl/α,β-unsaturated/α-hetero) is 2. The van der Waals surface area contributed by atoms with Gasteiger partial charge in [0.1, 0.15) is 23.9 Å². The summed E-state index contributed by atoms with van der Waals surface area (Å²) >= 11 is 0. The third-order valence-electron chi connectivity index (χ3n) is 7.84. The van der Waals surface area contributed by atoms with E-state index in [0.717, 1.165) is 58.1 Å². The van der Waals surface area contributed by atoms with Crippen LogP contribution in [0, 0.1) is 0 Å². The molecule has 2 atom stereocenters. The first-order valence-corrected chi connectivity index (χ1v) is 12.6. The fourth-order valence-corrected chi connectivity index (χ4v) is 6.22. The molecule has 1 saturated carbocycles. The molecule has 0 unspecified atom stereocenters. The topological polar surface area (TPSA) is 64.1 Å². The van der Waals surface area contributed by atoms with Crippen molar-refractivity contribution in [2.75, 3.05) is 0 Å². The van der Waals surface area contributed by atoms with Crippen molar-refractivity contribution in [2.45, 2.75) is 44.2 Å². The first-order chi connectivity index (χ1) is 17.7. The number of ether oxygens (including phenoxy) is 1. The molecular weight excluding hydrogens is 448 g/mol. The second kappa shape index (κ2) is 8.23. The monoisotopic (exact) mass is 474 g/mol. The Bertz CT molecular complexity index is 1640. The minimum atomic E-state index is -0.481. The number of fused-ring (bicyclic) bond motifs is 1. The standard InChI is InChI=1S/C31H26N2O3/c34-27-15-28(35)30(25-17-33-13-5-9-20-8-4-10-23(25)31(20)33)29(27)24-16-32-26-14-21(11-12-22(24)26)36-18-19-6-2-1-3-7-19/h1-4,6-8,10-12,14,16-17,29-30,32H,5,9,13,15,18H2/t29-,30-/m1/s1. The zero-order valence-electron chi connectivity index (χ0n) is 19.9. The summed E-state index contributed by atoms with van der Waals surface area (Å²) in [4.78, 5) is 29.9. The van der Waals surface area contributed by atoms with Crippen LogP contribution < -0.4 is 4.74 Å². The highest BCUT2D eigenvalue weighted by atomic mass is 16.5. The molecule has 2 aromatic heterocycles. The third-order valence-corrected chi connectivity index (χ3v) is 7.84. The second-order valence-electron chi connectivity index (χ2n) is 9.99. The summed E-state index contributed by atoms with van der Waals surface area (Å²) in [5.41, 5.74) is 6.45. The molecule has 1 aliphatic heterocycles. The minimum absolute atomic E-state index is 0.00207. The molecule has 5 aromatic rings. The van der Waals surface area contributed by atoms with Gasteiger partial charge < -0.3 is 14.3 Å². The number of aromatic nitrogens is 2. The lowest BCUT2D eigenvalue weighted by Gasteiger charge is -2.17. The Balaban J connectivity index is 1.26. The molecule has 0 spiro atoms. The lowest BCUT2D eigenvalue weighted by Crippen LogP contribution is -2.14. The van der Waals surface area contributed by atoms with Gasteiger partial charge in [0.25, 0.3) is 0 Å². The highest BCUT2D eigenvalue weighted by molar-refractivity contribution is 6.16. The average molecular weight is 475 g/mol. The number of hydrogen-bond acceptors (Lipinski definition) is 3. The van der Waals surface area contributed by atoms with Crippen LogP contribution in [0.4, 0.5) is 0 Å². The van der Waals surface area contributed by atoms with E-state index in [9.17, 15) is 9.59 Å². The van der Waals surface area contributed by atoms with Crippen LogP contribution in [0.1, 0.15) is 46.9 Å². The molecule has 3 heterocycles. The Morgan fingerprint density at radius 3 is 2.58 bits per heavy atom. The van der Waals surface area contributed by atoms with E-state index >= 15 is 0 Å². The lowest BCUT2D eigenvalue weighted by atomic mass is 9.83. The Kier molecular flexibility index (Phi) is 4.84. The zero-order valence-corrected chi connectivity index (χ0v) is 19.9. The first-order valence-electron chi connectivity index (χ1n) is 12.6. The van der Waals surface area contributed by atoms with E-state index in [0.29, 0.717) is 6.61 Å². The SMILES string of the molecule is O=C1CC(=O)[C@@H](c2cn3c4c(cccc24)CCC3)[C@@H]1c1c[nH]c2cc(OCc3ccccc3)ccc12. The predicted molar refractivity (Wildman–Crippen MR) is 139 cm³/mol. The summed E-state index contributed by atoms with van der Waals surface area (Å²) in [6, 6.07) is 22.3. The van der Waals surface area contributed by atoms with Gasteiger partial charge in [-0.05, 0) is 47.2 Å². The molecule has 7 rings (SSSR count). The summed E-state index contributed by atoms with van der Waals surface area (Å²) in [7, 11) is 0. The van der Waals surface area contributed by atoms with Crippen LogP contribution in [-0.4, -0.2) is 21.1 Å². The normalized spacial score (nSPS) is 19.4. The fraction of sp³-hybridized carbons (Fsp3) is 0.226. The number of nitrogens with one attached hydrogen (secondary N) is 1. The Morgan fingerprint density at radius 1 is 0.889 bits per heavy atom. The van der Waals surface area contributed by atoms with Gasteiger partial charge in [-0.25, -0.2) is 0 Å². The van der Waals surface area contributed by atoms with Crippen LogP contribution in [0.3, 0.4) is 0 Å². The van der Waals surface area contributed by atoms with Crippen molar-refractivity contribution in [2.24, 2.45) is 0 Å². The largest absolute Gasteiger partial charge is 0.489 e. The maximum atomic E-state index is 13.3. The molecule has 0 saturated heterocycles. The first kappa shape index (κ1) is 21.2. The van der Waals surface area contributed by atoms with E-state index < -0.39 is 11.8 Å². The van der Waals surface area contributed by atoms with Crippen molar-refractivity contribution in [1.29, 1.82) is 0 Å². The molecule has 178 valence electrons. The van der Waals surface area contributed by atoms with E-state index in [4.69, 9.17) is 4.74 Å². The maximum Gasteiger partial charge on any atom is 0.148 e. The van der Waals surface area contributed by atoms with Gasteiger partial charge in [-0.2, -0.15) is 0 Å². The van der Waals surface area contributed by atoms with Crippen molar-refractivity contribution in [3.63, 3.8) is 0 Å². The molecule has 3 aromatic carbocycles. The van der Waals surface area contributed by atoms with Crippen molar-refractivity contribution in [3.05, 3.63) is 101 Å². The van der Waals surface area contributed by atoms with Crippen LogP contribution >= 0.6 is 0 Å². The van der Waals surface area contributed by atoms with Crippen molar-refractivity contribution in [3.8, 4) is 5.75 Å². The predicted octanol–water partition coefficient (Wildman–Crippen LogP) is 6.06. The fourth-order valence-electron chi connectivity index (χ4n) is 6.22. The summed E-state index contributed by atoms with van der Waals surface area (Å²) < 4.78 is 8.28. The van der Waals surface area contributed by atoms with Crippen LogP contribution in [0.15, 0.2) is 79.1 Å². The lowest BCUT2D eigenvalue weighted by molar-refractivity contribution is -0.122. The number of hydrogen-bond donors (Lipinski definition) is 1. The molecule has 1 aliphatic carbocycles. The second-order valence-corrected chi connectivity index (χ2v) is 9.99. The average Bonchev–Trinajstić information content (AvgIpc) is 3.57. The van der Waals surface area contributed by atoms with Gasteiger partial charge in [-0.15, -0.1) is 0 Å². The zero-order chi connectivity index (χ0) is 24.2. The van der Waals surface area contributed by atoms with Crippen molar-refractivity contribution < 1.29 is 14.3 Å². The van der Waals surface area contributed by atoms with E-state index in [1.165, 1.54) is 11.1 Å². The number of aromatic amines is 1. The molecule has 5 nitrogen and oxygen atoms in total. The summed E-state index contributed by atoms with van der Waals surface area (Å²) in [5.74, 6) is -0.152. The summed E-state index contributed by atoms with van der Waals surface area (Å²) in [5, 5.41) is 2.08. The van der Waals surface area contributed by atoms with Gasteiger partial charge in [0.05, 0.1) is 23.8 Å². The molecule has 36 heavy (non-hydrogen) atoms. The molecule has 1 fully saturated rings. The summed E-state index contributed by atoms with van der Waals surface area (Å²) in [6.45, 7) is 1.44. The number of H-pyrrole nitrogens is 1. The summed E-state index contributed by atoms with van der Waals surface area (Å²) in [6.07, 6.45) is 6.18. The van der Waals surface area contributed by atoms with Crippen LogP contribution in [0.5, 0.6) is 5.75 Å². The van der Waals surface area contributed by atoms with Gasteiger partial charge >= 0.3 is 0 Å². The molecule has 2 aliphatic rings. The molecule has 0 radical (unpaired) electrons. The number of rotatable bonds is 5. The smallest absolute Gasteiger partial charge is 0.148 e. The van der Waals surface area contributed by atoms with E-state index in [-0.39, 0.29) is 18.0 Å². The highest BCUT2D eigenvalue weighted by Gasteiger charge is 2.45. The number of benzene rings is 3. The number of aryl methyl sites for hydroxylation is 2. The van der Waals surface area contributed by atoms with Gasteiger partial charge in [0, 0.05) is 41.3 Å². The number of ketones is 2.